The zero-order valence-electron chi connectivity index (χ0n) is 11.2. The summed E-state index contributed by atoms with van der Waals surface area (Å²) in [5.41, 5.74) is -1.74. The topological polar surface area (TPSA) is 105 Å². The summed E-state index contributed by atoms with van der Waals surface area (Å²) in [5, 5.41) is 23.1. The number of carbonyl (C=O) groups is 1. The lowest BCUT2D eigenvalue weighted by Crippen LogP contribution is -2.42. The van der Waals surface area contributed by atoms with Gasteiger partial charge in [0.15, 0.2) is 0 Å². The average Bonchev–Trinajstić information content (AvgIpc) is 2.43. The van der Waals surface area contributed by atoms with E-state index >= 15 is 0 Å². The molecule has 1 aromatic heterocycles. The van der Waals surface area contributed by atoms with Gasteiger partial charge in [-0.25, -0.2) is 4.98 Å². The number of hydrogen-bond acceptors (Lipinski definition) is 5. The van der Waals surface area contributed by atoms with Crippen LogP contribution in [-0.4, -0.2) is 33.1 Å². The average molecular weight is 302 g/mol. The van der Waals surface area contributed by atoms with Crippen molar-refractivity contribution in [3.8, 4) is 0 Å². The first-order valence-electron chi connectivity index (χ1n) is 6.14. The Labute approximate surface area is 121 Å². The molecule has 0 atom stereocenters. The third-order valence-corrected chi connectivity index (χ3v) is 3.48. The molecule has 1 rings (SSSR count). The molecule has 0 spiro atoms. The van der Waals surface area contributed by atoms with Gasteiger partial charge >= 0.3 is 5.69 Å². The predicted molar refractivity (Wildman–Crippen MR) is 73.8 cm³/mol. The van der Waals surface area contributed by atoms with Crippen molar-refractivity contribution in [1.29, 1.82) is 0 Å². The molecule has 0 bridgehead atoms. The van der Waals surface area contributed by atoms with E-state index in [1.807, 2.05) is 0 Å². The maximum Gasteiger partial charge on any atom is 0.319 e. The van der Waals surface area contributed by atoms with E-state index in [0.717, 1.165) is 0 Å². The molecule has 0 aliphatic heterocycles. The molecule has 0 unspecified atom stereocenters. The minimum Gasteiger partial charge on any atom is -0.388 e. The van der Waals surface area contributed by atoms with E-state index in [2.05, 4.69) is 10.3 Å². The molecular weight excluding hydrogens is 286 g/mol. The second-order valence-electron chi connectivity index (χ2n) is 4.37. The molecule has 8 heteroatoms. The van der Waals surface area contributed by atoms with E-state index in [1.165, 1.54) is 12.3 Å². The Morgan fingerprint density at radius 2 is 2.15 bits per heavy atom. The van der Waals surface area contributed by atoms with Crippen molar-refractivity contribution in [3.63, 3.8) is 0 Å². The smallest absolute Gasteiger partial charge is 0.319 e. The van der Waals surface area contributed by atoms with Crippen LogP contribution in [0.1, 0.15) is 37.0 Å². The van der Waals surface area contributed by atoms with Crippen LogP contribution in [0.3, 0.4) is 0 Å². The summed E-state index contributed by atoms with van der Waals surface area (Å²) in [7, 11) is 0. The van der Waals surface area contributed by atoms with Gasteiger partial charge in [-0.15, -0.1) is 0 Å². The fraction of sp³-hybridized carbons (Fsp3) is 0.500. The lowest BCUT2D eigenvalue weighted by atomic mass is 9.97. The highest BCUT2D eigenvalue weighted by atomic mass is 35.5. The Kier molecular flexibility index (Phi) is 5.41. The Morgan fingerprint density at radius 3 is 2.65 bits per heavy atom. The number of hydrogen-bond donors (Lipinski definition) is 2. The lowest BCUT2D eigenvalue weighted by molar-refractivity contribution is -0.385. The molecular formula is C12H16ClN3O4. The van der Waals surface area contributed by atoms with Crippen molar-refractivity contribution in [2.75, 3.05) is 6.54 Å². The van der Waals surface area contributed by atoms with Crippen LogP contribution < -0.4 is 5.32 Å². The maximum absolute atomic E-state index is 12.0. The molecule has 0 saturated heterocycles. The van der Waals surface area contributed by atoms with E-state index in [1.54, 1.807) is 13.8 Å². The molecule has 0 fully saturated rings. The maximum atomic E-state index is 12.0. The third kappa shape index (κ3) is 3.64. The molecule has 1 amide bonds. The van der Waals surface area contributed by atoms with E-state index in [-0.39, 0.29) is 17.3 Å². The van der Waals surface area contributed by atoms with E-state index < -0.39 is 22.1 Å². The predicted octanol–water partition coefficient (Wildman–Crippen LogP) is 1.92. The molecule has 0 aliphatic rings. The standard InChI is InChI=1S/C12H16ClN3O4/c1-3-12(18,4-2)7-15-11(17)8-5-6-14-10(13)9(8)16(19)20/h5-6,18H,3-4,7H2,1-2H3,(H,15,17). The van der Waals surface area contributed by atoms with Gasteiger partial charge in [0.25, 0.3) is 5.91 Å². The highest BCUT2D eigenvalue weighted by Crippen LogP contribution is 2.26. The molecule has 2 N–H and O–H groups in total. The number of aliphatic hydroxyl groups is 1. The number of amides is 1. The number of carbonyl (C=O) groups excluding carboxylic acids is 1. The molecule has 20 heavy (non-hydrogen) atoms. The SMILES string of the molecule is CCC(O)(CC)CNC(=O)c1ccnc(Cl)c1[N+](=O)[O-]. The van der Waals surface area contributed by atoms with Crippen molar-refractivity contribution in [2.24, 2.45) is 0 Å². The highest BCUT2D eigenvalue weighted by Gasteiger charge is 2.27. The Balaban J connectivity index is 2.94. The van der Waals surface area contributed by atoms with Crippen molar-refractivity contribution >= 4 is 23.2 Å². The molecule has 0 saturated carbocycles. The van der Waals surface area contributed by atoms with Gasteiger partial charge in [-0.1, -0.05) is 25.4 Å². The first-order valence-corrected chi connectivity index (χ1v) is 6.52. The van der Waals surface area contributed by atoms with E-state index in [4.69, 9.17) is 11.6 Å². The summed E-state index contributed by atoms with van der Waals surface area (Å²) >= 11 is 5.63. The largest absolute Gasteiger partial charge is 0.388 e. The van der Waals surface area contributed by atoms with Gasteiger partial charge < -0.3 is 10.4 Å². The minimum atomic E-state index is -1.03. The number of nitrogens with zero attached hydrogens (tertiary/aromatic N) is 2. The summed E-state index contributed by atoms with van der Waals surface area (Å²) in [4.78, 5) is 25.7. The number of rotatable bonds is 6. The summed E-state index contributed by atoms with van der Waals surface area (Å²) in [6.45, 7) is 3.60. The number of nitro groups is 1. The number of aromatic nitrogens is 1. The van der Waals surface area contributed by atoms with Gasteiger partial charge in [0.1, 0.15) is 5.56 Å². The van der Waals surface area contributed by atoms with Gasteiger partial charge in [0.2, 0.25) is 5.15 Å². The van der Waals surface area contributed by atoms with Crippen LogP contribution in [0.5, 0.6) is 0 Å². The second-order valence-corrected chi connectivity index (χ2v) is 4.73. The van der Waals surface area contributed by atoms with Crippen LogP contribution in [-0.2, 0) is 0 Å². The first kappa shape index (κ1) is 16.3. The molecule has 1 heterocycles. The fourth-order valence-corrected chi connectivity index (χ4v) is 1.85. The first-order chi connectivity index (χ1) is 9.34. The summed E-state index contributed by atoms with van der Waals surface area (Å²) in [6, 6.07) is 1.22. The van der Waals surface area contributed by atoms with Gasteiger partial charge in [0.05, 0.1) is 10.5 Å². The van der Waals surface area contributed by atoms with Crippen molar-refractivity contribution in [2.45, 2.75) is 32.3 Å². The molecule has 0 aliphatic carbocycles. The van der Waals surface area contributed by atoms with Gasteiger partial charge in [0, 0.05) is 12.7 Å². The number of nitrogens with one attached hydrogen (secondary N) is 1. The Bertz CT molecular complexity index is 517. The van der Waals surface area contributed by atoms with Gasteiger partial charge in [-0.2, -0.15) is 0 Å². The molecule has 110 valence electrons. The Hall–Kier alpha value is -1.73. The molecule has 1 aromatic rings. The fourth-order valence-electron chi connectivity index (χ4n) is 1.63. The third-order valence-electron chi connectivity index (χ3n) is 3.20. The van der Waals surface area contributed by atoms with Crippen LogP contribution in [0, 0.1) is 10.1 Å². The normalized spacial score (nSPS) is 11.2. The van der Waals surface area contributed by atoms with E-state index in [0.29, 0.717) is 12.8 Å². The zero-order valence-corrected chi connectivity index (χ0v) is 12.0. The monoisotopic (exact) mass is 301 g/mol. The molecule has 0 aromatic carbocycles. The summed E-state index contributed by atoms with van der Waals surface area (Å²) in [6.07, 6.45) is 2.14. The Morgan fingerprint density at radius 1 is 1.55 bits per heavy atom. The lowest BCUT2D eigenvalue weighted by Gasteiger charge is -2.25. The van der Waals surface area contributed by atoms with Gasteiger partial charge in [-0.3, -0.25) is 14.9 Å². The van der Waals surface area contributed by atoms with Gasteiger partial charge in [-0.05, 0) is 18.9 Å². The number of halogens is 1. The van der Waals surface area contributed by atoms with Crippen molar-refractivity contribution < 1.29 is 14.8 Å². The zero-order chi connectivity index (χ0) is 15.3. The van der Waals surface area contributed by atoms with Crippen LogP contribution in [0.4, 0.5) is 5.69 Å². The van der Waals surface area contributed by atoms with Crippen LogP contribution >= 0.6 is 11.6 Å². The van der Waals surface area contributed by atoms with E-state index in [9.17, 15) is 20.0 Å². The summed E-state index contributed by atoms with van der Waals surface area (Å²) < 4.78 is 0. The van der Waals surface area contributed by atoms with Crippen molar-refractivity contribution in [1.82, 2.24) is 10.3 Å². The quantitative estimate of drug-likeness (QED) is 0.474. The minimum absolute atomic E-state index is 0.00985. The number of pyridine rings is 1. The second kappa shape index (κ2) is 6.62. The van der Waals surface area contributed by atoms with Crippen LogP contribution in [0.15, 0.2) is 12.3 Å². The molecule has 7 nitrogen and oxygen atoms in total. The van der Waals surface area contributed by atoms with Crippen molar-refractivity contribution in [3.05, 3.63) is 33.1 Å². The summed E-state index contributed by atoms with van der Waals surface area (Å²) in [5.74, 6) is -0.665. The molecule has 0 radical (unpaired) electrons. The highest BCUT2D eigenvalue weighted by molar-refractivity contribution is 6.32. The van der Waals surface area contributed by atoms with Crippen LogP contribution in [0.25, 0.3) is 0 Å². The van der Waals surface area contributed by atoms with Crippen LogP contribution in [0.2, 0.25) is 5.15 Å².